The van der Waals surface area contributed by atoms with Crippen LogP contribution in [0.5, 0.6) is 5.75 Å². The molecule has 1 unspecified atom stereocenters. The van der Waals surface area contributed by atoms with Gasteiger partial charge in [0.15, 0.2) is 5.50 Å². The van der Waals surface area contributed by atoms with Crippen molar-refractivity contribution in [3.05, 3.63) is 77.6 Å². The fraction of sp³-hybridized carbons (Fsp3) is 0.304. The van der Waals surface area contributed by atoms with E-state index in [1.54, 1.807) is 0 Å². The second-order valence-electron chi connectivity index (χ2n) is 7.93. The normalized spacial score (nSPS) is 13.9. The van der Waals surface area contributed by atoms with E-state index in [0.29, 0.717) is 0 Å². The van der Waals surface area contributed by atoms with Crippen molar-refractivity contribution in [1.29, 1.82) is 0 Å². The average Bonchev–Trinajstić information content (AvgIpc) is 3.03. The molecule has 1 aromatic heterocycles. The molecular weight excluding hydrogens is 353 g/mol. The Morgan fingerprint density at radius 1 is 0.889 bits per heavy atom. The van der Waals surface area contributed by atoms with E-state index >= 15 is 0 Å². The summed E-state index contributed by atoms with van der Waals surface area (Å²) < 4.78 is 18.1. The minimum Gasteiger partial charge on any atom is -0.457 e. The van der Waals surface area contributed by atoms with E-state index < -0.39 is 7.28 Å². The molecule has 3 rings (SSSR count). The van der Waals surface area contributed by atoms with E-state index in [1.165, 1.54) is 5.56 Å². The van der Waals surface area contributed by atoms with Crippen molar-refractivity contribution < 1.29 is 8.94 Å². The standard InChI is InChI=1S/C23H28NO2P/c1-17-12-14-21(18(2)16-17)24-27(23(4,5)6,22-15-13-19(3)25-22)26-20-10-8-7-9-11-20/h7-16H,1-6H3. The number of aryl methyl sites for hydroxylation is 3. The summed E-state index contributed by atoms with van der Waals surface area (Å²) in [6, 6.07) is 20.3. The number of para-hydroxylation sites is 1. The molecule has 2 aromatic carbocycles. The maximum absolute atomic E-state index is 6.71. The Morgan fingerprint density at radius 2 is 1.59 bits per heavy atom. The van der Waals surface area contributed by atoms with Crippen LogP contribution in [0.1, 0.15) is 37.7 Å². The van der Waals surface area contributed by atoms with Gasteiger partial charge in [-0.2, -0.15) is 0 Å². The third-order valence-corrected chi connectivity index (χ3v) is 8.14. The zero-order valence-electron chi connectivity index (χ0n) is 17.0. The highest BCUT2D eigenvalue weighted by Crippen LogP contribution is 2.62. The fourth-order valence-electron chi connectivity index (χ4n) is 3.02. The lowest BCUT2D eigenvalue weighted by Crippen LogP contribution is -2.26. The Labute approximate surface area is 162 Å². The molecular formula is C23H28NO2P. The topological polar surface area (TPSA) is 34.7 Å². The largest absolute Gasteiger partial charge is 0.457 e. The second kappa shape index (κ2) is 7.40. The van der Waals surface area contributed by atoms with Gasteiger partial charge in [-0.1, -0.05) is 56.7 Å². The molecule has 0 aliphatic rings. The molecule has 1 atom stereocenters. The zero-order chi connectivity index (χ0) is 19.7. The van der Waals surface area contributed by atoms with Crippen molar-refractivity contribution in [2.45, 2.75) is 46.7 Å². The highest BCUT2D eigenvalue weighted by molar-refractivity contribution is 7.70. The lowest BCUT2D eigenvalue weighted by Gasteiger charge is -2.35. The van der Waals surface area contributed by atoms with E-state index in [9.17, 15) is 0 Å². The van der Waals surface area contributed by atoms with Crippen molar-refractivity contribution in [2.24, 2.45) is 4.74 Å². The molecule has 0 saturated carbocycles. The number of hydrogen-bond donors (Lipinski definition) is 0. The van der Waals surface area contributed by atoms with Crippen LogP contribution in [0, 0.1) is 20.8 Å². The lowest BCUT2D eigenvalue weighted by molar-refractivity contribution is 0.527. The van der Waals surface area contributed by atoms with Gasteiger partial charge in [-0.3, -0.25) is 0 Å². The van der Waals surface area contributed by atoms with Crippen molar-refractivity contribution in [1.82, 2.24) is 0 Å². The molecule has 0 amide bonds. The Kier molecular flexibility index (Phi) is 5.35. The van der Waals surface area contributed by atoms with Gasteiger partial charge in [0.1, 0.15) is 11.5 Å². The molecule has 3 aromatic rings. The maximum atomic E-state index is 6.71. The smallest absolute Gasteiger partial charge is 0.207 e. The van der Waals surface area contributed by atoms with E-state index in [0.717, 1.165) is 28.3 Å². The van der Waals surface area contributed by atoms with E-state index in [1.807, 2.05) is 49.4 Å². The molecule has 1 heterocycles. The van der Waals surface area contributed by atoms with Gasteiger partial charge in [0.25, 0.3) is 0 Å². The molecule has 142 valence electrons. The summed E-state index contributed by atoms with van der Waals surface area (Å²) in [6.45, 7) is 12.7. The molecule has 0 saturated heterocycles. The van der Waals surface area contributed by atoms with Gasteiger partial charge >= 0.3 is 0 Å². The highest BCUT2D eigenvalue weighted by Gasteiger charge is 2.41. The van der Waals surface area contributed by atoms with Crippen LogP contribution in [0.2, 0.25) is 0 Å². The summed E-state index contributed by atoms with van der Waals surface area (Å²) in [5, 5.41) is -0.246. The summed E-state index contributed by atoms with van der Waals surface area (Å²) in [4.78, 5) is 0. The monoisotopic (exact) mass is 381 g/mol. The van der Waals surface area contributed by atoms with E-state index in [-0.39, 0.29) is 5.16 Å². The highest BCUT2D eigenvalue weighted by atomic mass is 31.2. The number of nitrogens with zero attached hydrogens (tertiary/aromatic N) is 1. The van der Waals surface area contributed by atoms with Crippen molar-refractivity contribution >= 4 is 18.5 Å². The molecule has 0 spiro atoms. The van der Waals surface area contributed by atoms with Crippen LogP contribution in [0.25, 0.3) is 0 Å². The van der Waals surface area contributed by atoms with Gasteiger partial charge in [0.05, 0.1) is 5.69 Å². The van der Waals surface area contributed by atoms with Crippen LogP contribution >= 0.6 is 7.28 Å². The lowest BCUT2D eigenvalue weighted by atomic mass is 10.1. The first-order valence-electron chi connectivity index (χ1n) is 9.23. The summed E-state index contributed by atoms with van der Waals surface area (Å²) in [7, 11) is -2.54. The quantitative estimate of drug-likeness (QED) is 0.450. The number of benzene rings is 2. The molecule has 0 radical (unpaired) electrons. The number of hydrogen-bond acceptors (Lipinski definition) is 3. The maximum Gasteiger partial charge on any atom is 0.207 e. The van der Waals surface area contributed by atoms with Crippen LogP contribution in [0.15, 0.2) is 69.8 Å². The van der Waals surface area contributed by atoms with Crippen molar-refractivity contribution in [3.63, 3.8) is 0 Å². The SMILES string of the molecule is Cc1ccc(N=P(Oc2ccccc2)(c2ccc(C)o2)C(C)(C)C)c(C)c1. The summed E-state index contributed by atoms with van der Waals surface area (Å²) in [5.41, 5.74) is 4.14. The number of rotatable bonds is 4. The van der Waals surface area contributed by atoms with E-state index in [4.69, 9.17) is 13.7 Å². The van der Waals surface area contributed by atoms with Crippen LogP contribution in [-0.2, 0) is 0 Å². The first-order valence-corrected chi connectivity index (χ1v) is 10.9. The van der Waals surface area contributed by atoms with Gasteiger partial charge in [0.2, 0.25) is 7.28 Å². The average molecular weight is 381 g/mol. The number of furan rings is 1. The molecule has 27 heavy (non-hydrogen) atoms. The first-order chi connectivity index (χ1) is 12.7. The second-order valence-corrected chi connectivity index (χ2v) is 11.2. The molecule has 0 aliphatic carbocycles. The predicted molar refractivity (Wildman–Crippen MR) is 115 cm³/mol. The Morgan fingerprint density at radius 3 is 2.15 bits per heavy atom. The van der Waals surface area contributed by atoms with Crippen molar-refractivity contribution in [3.8, 4) is 5.75 Å². The Bertz CT molecular complexity index is 981. The molecule has 4 heteroatoms. The summed E-state index contributed by atoms with van der Waals surface area (Å²) in [5.74, 6) is 1.68. The third kappa shape index (κ3) is 4.04. The van der Waals surface area contributed by atoms with Crippen LogP contribution < -0.4 is 10.0 Å². The molecule has 0 N–H and O–H groups in total. The van der Waals surface area contributed by atoms with Crippen LogP contribution in [0.3, 0.4) is 0 Å². The minimum atomic E-state index is -2.54. The minimum absolute atomic E-state index is 0.246. The van der Waals surface area contributed by atoms with Crippen LogP contribution in [0.4, 0.5) is 5.69 Å². The first kappa shape index (κ1) is 19.5. The molecule has 0 bridgehead atoms. The van der Waals surface area contributed by atoms with Gasteiger partial charge in [-0.15, -0.1) is 0 Å². The van der Waals surface area contributed by atoms with E-state index in [2.05, 4.69) is 52.8 Å². The van der Waals surface area contributed by atoms with Gasteiger partial charge in [-0.25, -0.2) is 4.74 Å². The van der Waals surface area contributed by atoms with Gasteiger partial charge in [0, 0.05) is 5.16 Å². The molecule has 0 fully saturated rings. The summed E-state index contributed by atoms with van der Waals surface area (Å²) >= 11 is 0. The van der Waals surface area contributed by atoms with Crippen LogP contribution in [-0.4, -0.2) is 5.16 Å². The molecule has 0 aliphatic heterocycles. The zero-order valence-corrected chi connectivity index (χ0v) is 17.9. The Hall–Kier alpha value is -2.25. The predicted octanol–water partition coefficient (Wildman–Crippen LogP) is 7.16. The van der Waals surface area contributed by atoms with Gasteiger partial charge in [-0.05, 0) is 56.7 Å². The Balaban J connectivity index is 2.31. The van der Waals surface area contributed by atoms with Crippen molar-refractivity contribution in [2.75, 3.05) is 0 Å². The molecule has 3 nitrogen and oxygen atoms in total. The summed E-state index contributed by atoms with van der Waals surface area (Å²) in [6.07, 6.45) is 0. The fourth-order valence-corrected chi connectivity index (χ4v) is 5.98. The third-order valence-electron chi connectivity index (χ3n) is 4.52. The van der Waals surface area contributed by atoms with Gasteiger partial charge < -0.3 is 8.94 Å².